The van der Waals surface area contributed by atoms with E-state index in [1.54, 1.807) is 23.2 Å². The highest BCUT2D eigenvalue weighted by molar-refractivity contribution is 7.93. The van der Waals surface area contributed by atoms with Crippen LogP contribution in [0.15, 0.2) is 47.6 Å². The second-order valence-electron chi connectivity index (χ2n) is 6.94. The minimum atomic E-state index is -3.93. The zero-order valence-electron chi connectivity index (χ0n) is 18.6. The summed E-state index contributed by atoms with van der Waals surface area (Å²) in [5.74, 6) is 0.774. The van der Waals surface area contributed by atoms with Gasteiger partial charge in [0.15, 0.2) is 0 Å². The number of aromatic nitrogens is 2. The number of benzene rings is 2. The number of anilines is 1. The maximum atomic E-state index is 13.6. The predicted octanol–water partition coefficient (Wildman–Crippen LogP) is 5.05. The van der Waals surface area contributed by atoms with E-state index in [-0.39, 0.29) is 15.8 Å². The number of sulfonamides is 1. The molecular weight excluding hydrogens is 451 g/mol. The van der Waals surface area contributed by atoms with Crippen LogP contribution < -0.4 is 9.15 Å². The summed E-state index contributed by atoms with van der Waals surface area (Å²) in [6.45, 7) is 8.60. The number of halogens is 1. The molecular formula is C22H27FN4O3S2. The van der Waals surface area contributed by atoms with Crippen LogP contribution in [0.3, 0.4) is 0 Å². The highest BCUT2D eigenvalue weighted by Crippen LogP contribution is 2.33. The number of aryl methyl sites for hydroxylation is 2. The number of ether oxygens (including phenoxy) is 1. The van der Waals surface area contributed by atoms with Gasteiger partial charge >= 0.3 is 0 Å². The average Bonchev–Trinajstić information content (AvgIpc) is 3.32. The number of hydrogen-bond acceptors (Lipinski definition) is 7. The molecule has 0 unspecified atom stereocenters. The molecule has 1 aromatic heterocycles. The van der Waals surface area contributed by atoms with E-state index < -0.39 is 10.0 Å². The summed E-state index contributed by atoms with van der Waals surface area (Å²) in [6, 6.07) is 9.19. The second kappa shape index (κ2) is 10.4. The topological polar surface area (TPSA) is 75.6 Å². The van der Waals surface area contributed by atoms with Crippen molar-refractivity contribution in [1.29, 1.82) is 0 Å². The van der Waals surface area contributed by atoms with Crippen LogP contribution in [0.1, 0.15) is 38.8 Å². The summed E-state index contributed by atoms with van der Waals surface area (Å²) in [4.78, 5) is 4.26. The fraction of sp³-hybridized carbons (Fsp3) is 0.364. The zero-order valence-corrected chi connectivity index (χ0v) is 20.2. The van der Waals surface area contributed by atoms with Crippen LogP contribution in [-0.4, -0.2) is 35.9 Å². The Bertz CT molecular complexity index is 1150. The van der Waals surface area contributed by atoms with Crippen molar-refractivity contribution < 1.29 is 17.5 Å². The zero-order chi connectivity index (χ0) is 23.3. The predicted molar refractivity (Wildman–Crippen MR) is 124 cm³/mol. The number of hydrogen-bond donors (Lipinski definition) is 0. The number of rotatable bonds is 10. The molecule has 32 heavy (non-hydrogen) atoms. The van der Waals surface area contributed by atoms with E-state index in [4.69, 9.17) is 4.74 Å². The normalized spacial score (nSPS) is 11.7. The summed E-state index contributed by atoms with van der Waals surface area (Å²) >= 11 is 1.02. The van der Waals surface area contributed by atoms with E-state index in [0.717, 1.165) is 22.7 Å². The molecule has 3 rings (SSSR count). The lowest BCUT2D eigenvalue weighted by Gasteiger charge is -2.31. The largest absolute Gasteiger partial charge is 0.457 e. The standard InChI is InChI=1S/C22H27FN4O3S2/c1-5-16-13-18(23)9-11-20(16)30-21-12-10-19(14-17(21)6-2)32(28,29)27(26(7-3)8-4)22-24-15-25-31-22/h9-15H,5-8H2,1-4H3. The van der Waals surface area contributed by atoms with Crippen LogP contribution in [0.4, 0.5) is 9.52 Å². The van der Waals surface area contributed by atoms with Gasteiger partial charge in [-0.2, -0.15) is 17.2 Å². The molecule has 3 aromatic rings. The molecule has 1 heterocycles. The number of hydrazine groups is 1. The summed E-state index contributed by atoms with van der Waals surface area (Å²) in [7, 11) is -3.93. The monoisotopic (exact) mass is 478 g/mol. The first-order chi connectivity index (χ1) is 15.3. The third-order valence-corrected chi connectivity index (χ3v) is 7.53. The van der Waals surface area contributed by atoms with Crippen molar-refractivity contribution >= 4 is 26.7 Å². The molecule has 0 aliphatic heterocycles. The maximum Gasteiger partial charge on any atom is 0.280 e. The first-order valence-electron chi connectivity index (χ1n) is 10.5. The van der Waals surface area contributed by atoms with Crippen LogP contribution in [0, 0.1) is 5.82 Å². The molecule has 0 N–H and O–H groups in total. The van der Waals surface area contributed by atoms with Crippen molar-refractivity contribution in [3.05, 3.63) is 59.7 Å². The molecule has 2 aromatic carbocycles. The lowest BCUT2D eigenvalue weighted by molar-refractivity contribution is 0.319. The van der Waals surface area contributed by atoms with Gasteiger partial charge in [-0.25, -0.2) is 14.4 Å². The highest BCUT2D eigenvalue weighted by Gasteiger charge is 2.32. The Balaban J connectivity index is 2.02. The Hall–Kier alpha value is -2.56. The van der Waals surface area contributed by atoms with Crippen molar-refractivity contribution in [2.24, 2.45) is 0 Å². The summed E-state index contributed by atoms with van der Waals surface area (Å²) < 4.78 is 52.0. The minimum absolute atomic E-state index is 0.138. The Morgan fingerprint density at radius 1 is 0.969 bits per heavy atom. The van der Waals surface area contributed by atoms with Gasteiger partial charge in [-0.1, -0.05) is 27.7 Å². The lowest BCUT2D eigenvalue weighted by Crippen LogP contribution is -2.46. The van der Waals surface area contributed by atoms with E-state index in [1.807, 2.05) is 27.7 Å². The van der Waals surface area contributed by atoms with Gasteiger partial charge in [0.2, 0.25) is 5.13 Å². The molecule has 0 aliphatic carbocycles. The molecule has 0 spiro atoms. The average molecular weight is 479 g/mol. The maximum absolute atomic E-state index is 13.6. The molecule has 0 bridgehead atoms. The fourth-order valence-electron chi connectivity index (χ4n) is 3.34. The fourth-order valence-corrected chi connectivity index (χ4v) is 5.72. The van der Waals surface area contributed by atoms with Gasteiger partial charge < -0.3 is 4.74 Å². The summed E-state index contributed by atoms with van der Waals surface area (Å²) in [5, 5.41) is 1.98. The molecule has 0 fully saturated rings. The van der Waals surface area contributed by atoms with Gasteiger partial charge in [-0.3, -0.25) is 0 Å². The Labute approximate surface area is 192 Å². The third kappa shape index (κ3) is 4.92. The number of nitrogens with zero attached hydrogens (tertiary/aromatic N) is 4. The molecule has 10 heteroatoms. The Kier molecular flexibility index (Phi) is 7.81. The molecule has 0 saturated heterocycles. The van der Waals surface area contributed by atoms with Crippen molar-refractivity contribution in [3.63, 3.8) is 0 Å². The Morgan fingerprint density at radius 3 is 2.16 bits per heavy atom. The first-order valence-corrected chi connectivity index (χ1v) is 12.7. The third-order valence-electron chi connectivity index (χ3n) is 5.06. The van der Waals surface area contributed by atoms with Crippen molar-refractivity contribution in [2.75, 3.05) is 17.5 Å². The van der Waals surface area contributed by atoms with E-state index in [0.29, 0.717) is 37.4 Å². The van der Waals surface area contributed by atoms with Gasteiger partial charge in [0.1, 0.15) is 23.6 Å². The quantitative estimate of drug-likeness (QED) is 0.380. The van der Waals surface area contributed by atoms with Crippen molar-refractivity contribution in [2.45, 2.75) is 45.4 Å². The van der Waals surface area contributed by atoms with Crippen molar-refractivity contribution in [1.82, 2.24) is 14.4 Å². The lowest BCUT2D eigenvalue weighted by atomic mass is 10.1. The summed E-state index contributed by atoms with van der Waals surface area (Å²) in [5.41, 5.74) is 1.47. The molecule has 0 atom stereocenters. The van der Waals surface area contributed by atoms with Gasteiger partial charge in [-0.05, 0) is 60.4 Å². The highest BCUT2D eigenvalue weighted by atomic mass is 32.2. The van der Waals surface area contributed by atoms with Gasteiger partial charge in [-0.15, -0.1) is 0 Å². The van der Waals surface area contributed by atoms with Gasteiger partial charge in [0.05, 0.1) is 4.90 Å². The van der Waals surface area contributed by atoms with E-state index in [1.165, 1.54) is 28.9 Å². The van der Waals surface area contributed by atoms with Crippen LogP contribution in [-0.2, 0) is 22.9 Å². The summed E-state index contributed by atoms with van der Waals surface area (Å²) in [6.07, 6.45) is 2.52. The molecule has 0 saturated carbocycles. The van der Waals surface area contributed by atoms with Crippen molar-refractivity contribution in [3.8, 4) is 11.5 Å². The smallest absolute Gasteiger partial charge is 0.280 e. The van der Waals surface area contributed by atoms with Crippen LogP contribution >= 0.6 is 11.5 Å². The van der Waals surface area contributed by atoms with E-state index in [9.17, 15) is 12.8 Å². The molecule has 0 aliphatic rings. The molecule has 172 valence electrons. The SMILES string of the molecule is CCc1cc(F)ccc1Oc1ccc(S(=O)(=O)N(c2ncns2)N(CC)CC)cc1CC. The van der Waals surface area contributed by atoms with Gasteiger partial charge in [0, 0.05) is 24.6 Å². The van der Waals surface area contributed by atoms with E-state index >= 15 is 0 Å². The molecule has 7 nitrogen and oxygen atoms in total. The van der Waals surface area contributed by atoms with Gasteiger partial charge in [0.25, 0.3) is 10.0 Å². The molecule has 0 radical (unpaired) electrons. The minimum Gasteiger partial charge on any atom is -0.457 e. The Morgan fingerprint density at radius 2 is 1.59 bits per heavy atom. The van der Waals surface area contributed by atoms with Crippen LogP contribution in [0.25, 0.3) is 0 Å². The molecule has 0 amide bonds. The first kappa shape index (κ1) is 24.1. The van der Waals surface area contributed by atoms with Crippen LogP contribution in [0.5, 0.6) is 11.5 Å². The van der Waals surface area contributed by atoms with Crippen LogP contribution in [0.2, 0.25) is 0 Å². The van der Waals surface area contributed by atoms with E-state index in [2.05, 4.69) is 9.36 Å². The second-order valence-corrected chi connectivity index (χ2v) is 9.47.